The van der Waals surface area contributed by atoms with Crippen molar-refractivity contribution < 1.29 is 0 Å². The molecule has 0 amide bonds. The Hall–Kier alpha value is -3.04. The Balaban J connectivity index is 1.90. The highest BCUT2D eigenvalue weighted by molar-refractivity contribution is 6.66. The maximum atomic E-state index is 5.97. The third kappa shape index (κ3) is 4.99. The van der Waals surface area contributed by atoms with Gasteiger partial charge in [0.15, 0.2) is 5.84 Å². The third-order valence-corrected chi connectivity index (χ3v) is 4.38. The second-order valence-electron chi connectivity index (χ2n) is 6.02. The van der Waals surface area contributed by atoms with E-state index in [9.17, 15) is 0 Å². The molecule has 0 fully saturated rings. The standard InChI is InChI=1S/C23H20ClN3/c1-17(18-13-15-20(16-14-18)19-9-5-3-6-10-19)26-22(27-23(24)25-2)21-11-7-4-8-12-21/h3-17H,2H2,1H3/b26-22-,27-23-. The molecule has 0 radical (unpaired) electrons. The first-order valence-electron chi connectivity index (χ1n) is 8.67. The van der Waals surface area contributed by atoms with Crippen LogP contribution in [0.5, 0.6) is 0 Å². The molecule has 3 nitrogen and oxygen atoms in total. The lowest BCUT2D eigenvalue weighted by Gasteiger charge is -2.11. The maximum Gasteiger partial charge on any atom is 0.223 e. The van der Waals surface area contributed by atoms with Crippen LogP contribution in [0, 0.1) is 0 Å². The highest BCUT2D eigenvalue weighted by Crippen LogP contribution is 2.24. The predicted octanol–water partition coefficient (Wildman–Crippen LogP) is 6.16. The van der Waals surface area contributed by atoms with Gasteiger partial charge in [-0.3, -0.25) is 4.99 Å². The monoisotopic (exact) mass is 373 g/mol. The van der Waals surface area contributed by atoms with Crippen LogP contribution in [0.3, 0.4) is 0 Å². The maximum absolute atomic E-state index is 5.97. The van der Waals surface area contributed by atoms with Gasteiger partial charge in [-0.15, -0.1) is 0 Å². The number of aliphatic imine (C=N–C) groups is 3. The van der Waals surface area contributed by atoms with Gasteiger partial charge in [0.2, 0.25) is 5.29 Å². The summed E-state index contributed by atoms with van der Waals surface area (Å²) >= 11 is 5.97. The van der Waals surface area contributed by atoms with E-state index in [0.29, 0.717) is 5.84 Å². The molecule has 0 aromatic heterocycles. The van der Waals surface area contributed by atoms with Crippen molar-refractivity contribution in [2.45, 2.75) is 13.0 Å². The number of hydrogen-bond acceptors (Lipinski definition) is 1. The minimum Gasteiger partial charge on any atom is -0.258 e. The Labute approximate surface area is 164 Å². The molecular weight excluding hydrogens is 354 g/mol. The Morgan fingerprint density at radius 1 is 0.815 bits per heavy atom. The fourth-order valence-corrected chi connectivity index (χ4v) is 2.80. The summed E-state index contributed by atoms with van der Waals surface area (Å²) in [6.07, 6.45) is 0. The van der Waals surface area contributed by atoms with Gasteiger partial charge in [-0.05, 0) is 41.9 Å². The van der Waals surface area contributed by atoms with Gasteiger partial charge in [-0.1, -0.05) is 84.9 Å². The van der Waals surface area contributed by atoms with Crippen LogP contribution in [0.4, 0.5) is 0 Å². The normalized spacial score (nSPS) is 13.3. The highest BCUT2D eigenvalue weighted by Gasteiger charge is 2.09. The van der Waals surface area contributed by atoms with Crippen LogP contribution in [0.25, 0.3) is 11.1 Å². The average Bonchev–Trinajstić information content (AvgIpc) is 2.74. The Morgan fingerprint density at radius 2 is 1.37 bits per heavy atom. The summed E-state index contributed by atoms with van der Waals surface area (Å²) in [5.74, 6) is 0.535. The molecule has 134 valence electrons. The lowest BCUT2D eigenvalue weighted by molar-refractivity contribution is 0.819. The molecule has 0 heterocycles. The van der Waals surface area contributed by atoms with Gasteiger partial charge >= 0.3 is 0 Å². The molecule has 0 bridgehead atoms. The summed E-state index contributed by atoms with van der Waals surface area (Å²) in [6, 6.07) is 28.3. The third-order valence-electron chi connectivity index (χ3n) is 4.18. The molecule has 4 heteroatoms. The molecule has 1 unspecified atom stereocenters. The van der Waals surface area contributed by atoms with Crippen molar-refractivity contribution in [3.05, 3.63) is 96.1 Å². The van der Waals surface area contributed by atoms with Crippen molar-refractivity contribution in [2.75, 3.05) is 0 Å². The first kappa shape index (κ1) is 18.7. The van der Waals surface area contributed by atoms with Gasteiger partial charge in [-0.2, -0.15) is 4.99 Å². The first-order chi connectivity index (χ1) is 13.2. The number of benzene rings is 3. The number of hydrogen-bond donors (Lipinski definition) is 0. The molecule has 3 aromatic carbocycles. The van der Waals surface area contributed by atoms with E-state index in [1.165, 1.54) is 11.1 Å². The minimum absolute atomic E-state index is 0.0734. The second-order valence-corrected chi connectivity index (χ2v) is 6.36. The summed E-state index contributed by atoms with van der Waals surface area (Å²) in [4.78, 5) is 12.7. The predicted molar refractivity (Wildman–Crippen MR) is 116 cm³/mol. The number of halogens is 1. The van der Waals surface area contributed by atoms with Gasteiger partial charge in [-0.25, -0.2) is 4.99 Å². The molecule has 0 saturated heterocycles. The molecule has 0 aliphatic carbocycles. The van der Waals surface area contributed by atoms with E-state index in [1.54, 1.807) is 0 Å². The summed E-state index contributed by atoms with van der Waals surface area (Å²) < 4.78 is 0. The Bertz CT molecular complexity index is 946. The number of nitrogens with zero attached hydrogens (tertiary/aromatic N) is 3. The second kappa shape index (κ2) is 9.06. The van der Waals surface area contributed by atoms with Gasteiger partial charge in [0.1, 0.15) is 0 Å². The molecule has 1 atom stereocenters. The molecule has 0 N–H and O–H groups in total. The smallest absolute Gasteiger partial charge is 0.223 e. The van der Waals surface area contributed by atoms with Crippen molar-refractivity contribution in [3.8, 4) is 11.1 Å². The first-order valence-corrected chi connectivity index (χ1v) is 9.04. The van der Waals surface area contributed by atoms with Crippen molar-refractivity contribution in [2.24, 2.45) is 15.0 Å². The molecule has 0 saturated carbocycles. The van der Waals surface area contributed by atoms with Crippen LogP contribution in [0.15, 0.2) is 99.9 Å². The van der Waals surface area contributed by atoms with Crippen LogP contribution in [0.2, 0.25) is 0 Å². The fourth-order valence-electron chi connectivity index (χ4n) is 2.72. The SMILES string of the molecule is C=N/C(Cl)=N\C(=N/C(C)c1ccc(-c2ccccc2)cc1)c1ccccc1. The quantitative estimate of drug-likeness (QED) is 0.298. The van der Waals surface area contributed by atoms with E-state index < -0.39 is 0 Å². The van der Waals surface area contributed by atoms with Crippen LogP contribution >= 0.6 is 11.6 Å². The van der Waals surface area contributed by atoms with E-state index in [4.69, 9.17) is 16.6 Å². The van der Waals surface area contributed by atoms with Crippen molar-refractivity contribution in [1.29, 1.82) is 0 Å². The highest BCUT2D eigenvalue weighted by atomic mass is 35.5. The Morgan fingerprint density at radius 3 is 1.96 bits per heavy atom. The zero-order valence-electron chi connectivity index (χ0n) is 15.1. The van der Waals surface area contributed by atoms with Crippen molar-refractivity contribution in [3.63, 3.8) is 0 Å². The molecule has 27 heavy (non-hydrogen) atoms. The van der Waals surface area contributed by atoms with Gasteiger partial charge < -0.3 is 0 Å². The largest absolute Gasteiger partial charge is 0.258 e. The lowest BCUT2D eigenvalue weighted by Crippen LogP contribution is -2.03. The van der Waals surface area contributed by atoms with Gasteiger partial charge in [0, 0.05) is 5.56 Å². The molecule has 3 aromatic rings. The van der Waals surface area contributed by atoms with E-state index >= 15 is 0 Å². The summed E-state index contributed by atoms with van der Waals surface area (Å²) in [5, 5.41) is 0.0734. The molecule has 3 rings (SSSR count). The van der Waals surface area contributed by atoms with Crippen LogP contribution in [0.1, 0.15) is 24.1 Å². The number of amidine groups is 2. The topological polar surface area (TPSA) is 37.1 Å². The van der Waals surface area contributed by atoms with Crippen LogP contribution < -0.4 is 0 Å². The number of rotatable bonds is 4. The molecular formula is C23H20ClN3. The molecule has 0 spiro atoms. The summed E-state index contributed by atoms with van der Waals surface area (Å²) in [7, 11) is 0. The fraction of sp³-hybridized carbons (Fsp3) is 0.0870. The molecule has 0 aliphatic heterocycles. The van der Waals surface area contributed by atoms with Crippen molar-refractivity contribution >= 4 is 29.4 Å². The zero-order valence-corrected chi connectivity index (χ0v) is 15.8. The van der Waals surface area contributed by atoms with Crippen LogP contribution in [-0.4, -0.2) is 17.8 Å². The van der Waals surface area contributed by atoms with E-state index in [-0.39, 0.29) is 11.3 Å². The lowest BCUT2D eigenvalue weighted by atomic mass is 10.0. The summed E-state index contributed by atoms with van der Waals surface area (Å²) in [5.41, 5.74) is 4.35. The minimum atomic E-state index is -0.0805. The van der Waals surface area contributed by atoms with E-state index in [2.05, 4.69) is 53.1 Å². The van der Waals surface area contributed by atoms with E-state index in [1.807, 2.05) is 55.5 Å². The van der Waals surface area contributed by atoms with Crippen molar-refractivity contribution in [1.82, 2.24) is 0 Å². The van der Waals surface area contributed by atoms with Gasteiger partial charge in [0.25, 0.3) is 0 Å². The van der Waals surface area contributed by atoms with Gasteiger partial charge in [0.05, 0.1) is 6.04 Å². The van der Waals surface area contributed by atoms with Crippen LogP contribution in [-0.2, 0) is 0 Å². The average molecular weight is 374 g/mol. The molecule has 0 aliphatic rings. The zero-order chi connectivity index (χ0) is 19.1. The summed E-state index contributed by atoms with van der Waals surface area (Å²) in [6.45, 7) is 5.45. The Kier molecular flexibility index (Phi) is 6.29. The van der Waals surface area contributed by atoms with E-state index in [0.717, 1.165) is 11.1 Å².